The summed E-state index contributed by atoms with van der Waals surface area (Å²) in [6.45, 7) is 7.75. The van der Waals surface area contributed by atoms with E-state index in [0.29, 0.717) is 55.9 Å². The summed E-state index contributed by atoms with van der Waals surface area (Å²) in [5.74, 6) is 0.497. The molecule has 2 aromatic carbocycles. The molecule has 0 bridgehead atoms. The molecule has 1 amide bonds. The average Bonchev–Trinajstić information content (AvgIpc) is 2.86. The minimum Gasteiger partial charge on any atom is -0.497 e. The molecule has 0 saturated carbocycles. The standard InChI is InChI=1S/C25H35NO8Si/c1-5-31-35(32-6-2,33-7-3)17-9-16-26-25(28)30-19-20-12-14-21(15-13-20)24(27)34-23-11-8-10-22(18-23)29-4/h8,10-15,18H,5-7,9,16-17,19H2,1-4H3,(H,26,28). The van der Waals surface area contributed by atoms with Crippen LogP contribution < -0.4 is 14.8 Å². The molecule has 192 valence electrons. The Labute approximate surface area is 208 Å². The molecule has 0 fully saturated rings. The third-order valence-electron chi connectivity index (χ3n) is 4.83. The van der Waals surface area contributed by atoms with Gasteiger partial charge >= 0.3 is 20.9 Å². The van der Waals surface area contributed by atoms with Gasteiger partial charge in [0.25, 0.3) is 0 Å². The zero-order valence-corrected chi connectivity index (χ0v) is 21.8. The molecule has 0 radical (unpaired) electrons. The second kappa shape index (κ2) is 15.2. The second-order valence-corrected chi connectivity index (χ2v) is 10.1. The van der Waals surface area contributed by atoms with Crippen molar-refractivity contribution in [2.45, 2.75) is 39.8 Å². The van der Waals surface area contributed by atoms with E-state index in [-0.39, 0.29) is 6.61 Å². The van der Waals surface area contributed by atoms with E-state index in [2.05, 4.69) is 5.32 Å². The molecule has 0 heterocycles. The lowest BCUT2D eigenvalue weighted by Gasteiger charge is -2.28. The topological polar surface area (TPSA) is 102 Å². The van der Waals surface area contributed by atoms with Crippen molar-refractivity contribution >= 4 is 20.9 Å². The SMILES string of the molecule is CCO[Si](CCCNC(=O)OCc1ccc(C(=O)Oc2cccc(OC)c2)cc1)(OCC)OCC. The minimum atomic E-state index is -2.72. The van der Waals surface area contributed by atoms with Crippen molar-refractivity contribution in [3.63, 3.8) is 0 Å². The highest BCUT2D eigenvalue weighted by Gasteiger charge is 2.39. The smallest absolute Gasteiger partial charge is 0.497 e. The Morgan fingerprint density at radius 2 is 1.51 bits per heavy atom. The maximum atomic E-state index is 12.3. The number of carbonyl (C=O) groups is 2. The summed E-state index contributed by atoms with van der Waals surface area (Å²) in [6.07, 6.45) is 0.119. The first-order chi connectivity index (χ1) is 16.9. The van der Waals surface area contributed by atoms with E-state index in [9.17, 15) is 9.59 Å². The Kier molecular flexibility index (Phi) is 12.3. The molecule has 0 spiro atoms. The Bertz CT molecular complexity index is 905. The first kappa shape index (κ1) is 28.3. The molecule has 0 aliphatic rings. The molecular formula is C25H35NO8Si. The van der Waals surface area contributed by atoms with Crippen LogP contribution in [-0.4, -0.2) is 54.3 Å². The van der Waals surface area contributed by atoms with E-state index >= 15 is 0 Å². The normalized spacial score (nSPS) is 11.1. The van der Waals surface area contributed by atoms with Gasteiger partial charge in [0.2, 0.25) is 0 Å². The van der Waals surface area contributed by atoms with Crippen LogP contribution in [0, 0.1) is 0 Å². The molecule has 10 heteroatoms. The highest BCUT2D eigenvalue weighted by atomic mass is 28.4. The van der Waals surface area contributed by atoms with Crippen LogP contribution in [0.4, 0.5) is 4.79 Å². The summed E-state index contributed by atoms with van der Waals surface area (Å²) in [7, 11) is -1.18. The van der Waals surface area contributed by atoms with E-state index in [4.69, 9.17) is 27.5 Å². The number of amides is 1. The Morgan fingerprint density at radius 1 is 0.886 bits per heavy atom. The number of benzene rings is 2. The van der Waals surface area contributed by atoms with Crippen LogP contribution in [0.1, 0.15) is 43.1 Å². The Morgan fingerprint density at radius 3 is 2.11 bits per heavy atom. The summed E-state index contributed by atoms with van der Waals surface area (Å²) in [4.78, 5) is 24.4. The predicted molar refractivity (Wildman–Crippen MR) is 133 cm³/mol. The molecule has 2 aromatic rings. The molecule has 0 aliphatic carbocycles. The van der Waals surface area contributed by atoms with Crippen molar-refractivity contribution in [2.75, 3.05) is 33.5 Å². The van der Waals surface area contributed by atoms with E-state index in [1.165, 1.54) is 0 Å². The maximum absolute atomic E-state index is 12.3. The number of carbonyl (C=O) groups excluding carboxylic acids is 2. The number of esters is 1. The number of rotatable bonds is 15. The van der Waals surface area contributed by atoms with Crippen molar-refractivity contribution in [2.24, 2.45) is 0 Å². The number of hydrogen-bond acceptors (Lipinski definition) is 8. The van der Waals surface area contributed by atoms with Gasteiger partial charge in [0.1, 0.15) is 18.1 Å². The number of ether oxygens (including phenoxy) is 3. The van der Waals surface area contributed by atoms with Crippen LogP contribution in [0.2, 0.25) is 6.04 Å². The van der Waals surface area contributed by atoms with Gasteiger partial charge in [0.15, 0.2) is 0 Å². The Hall–Kier alpha value is -2.92. The molecule has 0 saturated heterocycles. The molecule has 0 aliphatic heterocycles. The molecule has 0 unspecified atom stereocenters. The largest absolute Gasteiger partial charge is 0.500 e. The summed E-state index contributed by atoms with van der Waals surface area (Å²) >= 11 is 0. The highest BCUT2D eigenvalue weighted by Crippen LogP contribution is 2.20. The quantitative estimate of drug-likeness (QED) is 0.162. The van der Waals surface area contributed by atoms with Gasteiger partial charge in [-0.2, -0.15) is 0 Å². The van der Waals surface area contributed by atoms with Gasteiger partial charge in [-0.05, 0) is 57.0 Å². The van der Waals surface area contributed by atoms with Gasteiger partial charge in [-0.25, -0.2) is 9.59 Å². The maximum Gasteiger partial charge on any atom is 0.500 e. The van der Waals surface area contributed by atoms with Gasteiger partial charge in [0.05, 0.1) is 12.7 Å². The van der Waals surface area contributed by atoms with E-state index < -0.39 is 20.9 Å². The third kappa shape index (κ3) is 9.69. The monoisotopic (exact) mass is 505 g/mol. The summed E-state index contributed by atoms with van der Waals surface area (Å²) in [6, 6.07) is 14.1. The van der Waals surface area contributed by atoms with Crippen LogP contribution in [-0.2, 0) is 24.6 Å². The summed E-state index contributed by atoms with van der Waals surface area (Å²) < 4.78 is 33.2. The molecule has 1 N–H and O–H groups in total. The molecule has 9 nitrogen and oxygen atoms in total. The van der Waals surface area contributed by atoms with Crippen molar-refractivity contribution in [3.8, 4) is 11.5 Å². The van der Waals surface area contributed by atoms with Crippen LogP contribution in [0.3, 0.4) is 0 Å². The van der Waals surface area contributed by atoms with Crippen LogP contribution in [0.25, 0.3) is 0 Å². The number of nitrogens with one attached hydrogen (secondary N) is 1. The number of hydrogen-bond donors (Lipinski definition) is 1. The van der Waals surface area contributed by atoms with Crippen molar-refractivity contribution in [3.05, 3.63) is 59.7 Å². The van der Waals surface area contributed by atoms with E-state index in [1.54, 1.807) is 55.6 Å². The van der Waals surface area contributed by atoms with E-state index in [0.717, 1.165) is 5.56 Å². The zero-order chi connectivity index (χ0) is 25.5. The molecular weight excluding hydrogens is 470 g/mol. The minimum absolute atomic E-state index is 0.0760. The predicted octanol–water partition coefficient (Wildman–Crippen LogP) is 4.58. The Balaban J connectivity index is 1.75. The van der Waals surface area contributed by atoms with Crippen LogP contribution in [0.15, 0.2) is 48.5 Å². The summed E-state index contributed by atoms with van der Waals surface area (Å²) in [5, 5.41) is 2.73. The molecule has 0 atom stereocenters. The first-order valence-corrected chi connectivity index (χ1v) is 13.7. The van der Waals surface area contributed by atoms with Gasteiger partial charge in [-0.3, -0.25) is 0 Å². The third-order valence-corrected chi connectivity index (χ3v) is 7.98. The van der Waals surface area contributed by atoms with Gasteiger partial charge < -0.3 is 32.8 Å². The van der Waals surface area contributed by atoms with Gasteiger partial charge in [0, 0.05) is 38.5 Å². The lowest BCUT2D eigenvalue weighted by Crippen LogP contribution is -2.46. The molecule has 2 rings (SSSR count). The van der Waals surface area contributed by atoms with Crippen LogP contribution >= 0.6 is 0 Å². The zero-order valence-electron chi connectivity index (χ0n) is 20.8. The lowest BCUT2D eigenvalue weighted by molar-refractivity contribution is 0.0704. The number of methoxy groups -OCH3 is 1. The molecule has 0 aromatic heterocycles. The fourth-order valence-electron chi connectivity index (χ4n) is 3.26. The number of alkyl carbamates (subject to hydrolysis) is 1. The summed E-state index contributed by atoms with van der Waals surface area (Å²) in [5.41, 5.74) is 1.13. The van der Waals surface area contributed by atoms with Crippen LogP contribution in [0.5, 0.6) is 11.5 Å². The van der Waals surface area contributed by atoms with Crippen molar-refractivity contribution in [1.82, 2.24) is 5.32 Å². The first-order valence-electron chi connectivity index (χ1n) is 11.7. The van der Waals surface area contributed by atoms with Crippen molar-refractivity contribution < 1.29 is 37.1 Å². The lowest BCUT2D eigenvalue weighted by atomic mass is 10.1. The van der Waals surface area contributed by atoms with Gasteiger partial charge in [-0.1, -0.05) is 18.2 Å². The molecule has 35 heavy (non-hydrogen) atoms. The average molecular weight is 506 g/mol. The fourth-order valence-corrected chi connectivity index (χ4v) is 5.88. The van der Waals surface area contributed by atoms with Crippen molar-refractivity contribution in [1.29, 1.82) is 0 Å². The second-order valence-electron chi connectivity index (χ2n) is 7.35. The highest BCUT2D eigenvalue weighted by molar-refractivity contribution is 6.60. The fraction of sp³-hybridized carbons (Fsp3) is 0.440. The van der Waals surface area contributed by atoms with E-state index in [1.807, 2.05) is 20.8 Å². The van der Waals surface area contributed by atoms with Gasteiger partial charge in [-0.15, -0.1) is 0 Å².